The lowest BCUT2D eigenvalue weighted by Gasteiger charge is -2.08. The zero-order valence-electron chi connectivity index (χ0n) is 10.1. The van der Waals surface area contributed by atoms with Gasteiger partial charge in [-0.05, 0) is 24.7 Å². The van der Waals surface area contributed by atoms with E-state index in [1.165, 1.54) is 0 Å². The third kappa shape index (κ3) is 3.42. The smallest absolute Gasteiger partial charge is 0.219 e. The highest BCUT2D eigenvalue weighted by Gasteiger charge is 2.05. The fourth-order valence-corrected chi connectivity index (χ4v) is 1.59. The highest BCUT2D eigenvalue weighted by atomic mass is 35.5. The predicted molar refractivity (Wildman–Crippen MR) is 70.9 cm³/mol. The summed E-state index contributed by atoms with van der Waals surface area (Å²) in [5.74, 6) is 1.17. The van der Waals surface area contributed by atoms with Crippen molar-refractivity contribution in [1.82, 2.24) is 15.3 Å². The molecule has 0 aliphatic heterocycles. The molecule has 2 aromatic rings. The minimum Gasteiger partial charge on any atom is -0.437 e. The lowest BCUT2D eigenvalue weighted by molar-refractivity contribution is 0.457. The number of ether oxygens (including phenoxy) is 1. The number of pyridine rings is 2. The van der Waals surface area contributed by atoms with Crippen LogP contribution in [0.2, 0.25) is 5.02 Å². The molecular formula is C13H14ClN3O. The van der Waals surface area contributed by atoms with E-state index in [1.807, 2.05) is 19.1 Å². The standard InChI is InChI=1S/C13H14ClN3O/c1-2-15-9-12-11(14)5-6-13(17-12)18-10-4-3-7-16-8-10/h3-8,15H,2,9H2,1H3. The van der Waals surface area contributed by atoms with Crippen LogP contribution in [0.1, 0.15) is 12.6 Å². The molecule has 0 aromatic carbocycles. The van der Waals surface area contributed by atoms with Crippen molar-refractivity contribution in [3.05, 3.63) is 47.4 Å². The quantitative estimate of drug-likeness (QED) is 0.901. The second-order valence-corrected chi connectivity index (χ2v) is 4.06. The van der Waals surface area contributed by atoms with E-state index < -0.39 is 0 Å². The molecule has 0 amide bonds. The van der Waals surface area contributed by atoms with Gasteiger partial charge in [0.1, 0.15) is 5.75 Å². The molecule has 0 unspecified atom stereocenters. The van der Waals surface area contributed by atoms with E-state index in [0.29, 0.717) is 23.2 Å². The van der Waals surface area contributed by atoms with Gasteiger partial charge in [-0.2, -0.15) is 0 Å². The van der Waals surface area contributed by atoms with E-state index in [4.69, 9.17) is 16.3 Å². The van der Waals surface area contributed by atoms with Crippen LogP contribution in [-0.2, 0) is 6.54 Å². The Labute approximate surface area is 111 Å². The summed E-state index contributed by atoms with van der Waals surface area (Å²) in [7, 11) is 0. The van der Waals surface area contributed by atoms with E-state index in [9.17, 15) is 0 Å². The van der Waals surface area contributed by atoms with Crippen molar-refractivity contribution in [3.63, 3.8) is 0 Å². The van der Waals surface area contributed by atoms with Gasteiger partial charge in [-0.1, -0.05) is 18.5 Å². The third-order valence-corrected chi connectivity index (χ3v) is 2.64. The van der Waals surface area contributed by atoms with Crippen molar-refractivity contribution in [1.29, 1.82) is 0 Å². The zero-order valence-corrected chi connectivity index (χ0v) is 10.8. The van der Waals surface area contributed by atoms with Crippen molar-refractivity contribution >= 4 is 11.6 Å². The molecule has 5 heteroatoms. The second kappa shape index (κ2) is 6.33. The first kappa shape index (κ1) is 12.8. The highest BCUT2D eigenvalue weighted by molar-refractivity contribution is 6.31. The SMILES string of the molecule is CCNCc1nc(Oc2cccnc2)ccc1Cl. The molecule has 0 saturated carbocycles. The first-order chi connectivity index (χ1) is 8.79. The molecule has 1 N–H and O–H groups in total. The van der Waals surface area contributed by atoms with E-state index in [-0.39, 0.29) is 0 Å². The van der Waals surface area contributed by atoms with E-state index in [2.05, 4.69) is 15.3 Å². The van der Waals surface area contributed by atoms with Crippen LogP contribution in [-0.4, -0.2) is 16.5 Å². The first-order valence-corrected chi connectivity index (χ1v) is 6.11. The van der Waals surface area contributed by atoms with Crippen LogP contribution in [0, 0.1) is 0 Å². The number of rotatable bonds is 5. The summed E-state index contributed by atoms with van der Waals surface area (Å²) in [5.41, 5.74) is 0.778. The monoisotopic (exact) mass is 263 g/mol. The summed E-state index contributed by atoms with van der Waals surface area (Å²) in [6.45, 7) is 3.52. The van der Waals surface area contributed by atoms with Crippen LogP contribution >= 0.6 is 11.6 Å². The van der Waals surface area contributed by atoms with Gasteiger partial charge in [0.25, 0.3) is 0 Å². The van der Waals surface area contributed by atoms with Crippen LogP contribution in [0.4, 0.5) is 0 Å². The Kier molecular flexibility index (Phi) is 4.50. The molecule has 4 nitrogen and oxygen atoms in total. The maximum Gasteiger partial charge on any atom is 0.219 e. The minimum atomic E-state index is 0.514. The van der Waals surface area contributed by atoms with Gasteiger partial charge in [-0.25, -0.2) is 4.98 Å². The molecule has 0 aliphatic rings. The van der Waals surface area contributed by atoms with Gasteiger partial charge in [0.2, 0.25) is 5.88 Å². The summed E-state index contributed by atoms with van der Waals surface area (Å²) in [4.78, 5) is 8.34. The van der Waals surface area contributed by atoms with Crippen molar-refractivity contribution in [3.8, 4) is 11.6 Å². The average molecular weight is 264 g/mol. The van der Waals surface area contributed by atoms with E-state index in [1.54, 1.807) is 24.5 Å². The molecule has 0 spiro atoms. The number of halogens is 1. The van der Waals surface area contributed by atoms with Crippen LogP contribution in [0.3, 0.4) is 0 Å². The Morgan fingerprint density at radius 2 is 2.22 bits per heavy atom. The molecule has 0 radical (unpaired) electrons. The van der Waals surface area contributed by atoms with Crippen LogP contribution in [0.15, 0.2) is 36.7 Å². The number of nitrogens with zero attached hydrogens (tertiary/aromatic N) is 2. The zero-order chi connectivity index (χ0) is 12.8. The summed E-state index contributed by atoms with van der Waals surface area (Å²) >= 11 is 6.06. The van der Waals surface area contributed by atoms with Crippen LogP contribution < -0.4 is 10.1 Å². The Morgan fingerprint density at radius 3 is 2.94 bits per heavy atom. The Morgan fingerprint density at radius 1 is 1.33 bits per heavy atom. The number of nitrogens with one attached hydrogen (secondary N) is 1. The van der Waals surface area contributed by atoms with Crippen molar-refractivity contribution in [2.24, 2.45) is 0 Å². The lowest BCUT2D eigenvalue weighted by atomic mass is 10.3. The average Bonchev–Trinajstić information content (AvgIpc) is 2.40. The fraction of sp³-hybridized carbons (Fsp3) is 0.231. The number of aromatic nitrogens is 2. The maximum atomic E-state index is 6.06. The molecule has 2 heterocycles. The normalized spacial score (nSPS) is 10.3. The molecule has 0 fully saturated rings. The molecule has 0 saturated heterocycles. The third-order valence-electron chi connectivity index (χ3n) is 2.29. The lowest BCUT2D eigenvalue weighted by Crippen LogP contribution is -2.13. The highest BCUT2D eigenvalue weighted by Crippen LogP contribution is 2.22. The van der Waals surface area contributed by atoms with Gasteiger partial charge in [0, 0.05) is 18.8 Å². The number of hydrogen-bond donors (Lipinski definition) is 1. The number of hydrogen-bond acceptors (Lipinski definition) is 4. The van der Waals surface area contributed by atoms with Crippen molar-refractivity contribution in [2.75, 3.05) is 6.54 Å². The van der Waals surface area contributed by atoms with Crippen LogP contribution in [0.25, 0.3) is 0 Å². The summed E-state index contributed by atoms with van der Waals surface area (Å²) in [5, 5.41) is 3.82. The minimum absolute atomic E-state index is 0.514. The molecule has 94 valence electrons. The molecule has 0 aliphatic carbocycles. The van der Waals surface area contributed by atoms with Gasteiger partial charge < -0.3 is 10.1 Å². The Balaban J connectivity index is 2.14. The summed E-state index contributed by atoms with van der Waals surface area (Å²) in [6.07, 6.45) is 3.33. The first-order valence-electron chi connectivity index (χ1n) is 5.73. The molecule has 2 aromatic heterocycles. The molecule has 0 bridgehead atoms. The molecule has 0 atom stereocenters. The largest absolute Gasteiger partial charge is 0.437 e. The molecule has 18 heavy (non-hydrogen) atoms. The van der Waals surface area contributed by atoms with Gasteiger partial charge in [0.05, 0.1) is 16.9 Å². The van der Waals surface area contributed by atoms with Gasteiger partial charge in [-0.15, -0.1) is 0 Å². The Bertz CT molecular complexity index is 505. The molecule has 2 rings (SSSR count). The summed E-state index contributed by atoms with van der Waals surface area (Å²) in [6, 6.07) is 7.16. The second-order valence-electron chi connectivity index (χ2n) is 3.65. The van der Waals surface area contributed by atoms with E-state index >= 15 is 0 Å². The molecular weight excluding hydrogens is 250 g/mol. The topological polar surface area (TPSA) is 47.0 Å². The van der Waals surface area contributed by atoms with Crippen molar-refractivity contribution in [2.45, 2.75) is 13.5 Å². The Hall–Kier alpha value is -1.65. The van der Waals surface area contributed by atoms with Gasteiger partial charge in [0.15, 0.2) is 0 Å². The predicted octanol–water partition coefficient (Wildman–Crippen LogP) is 3.03. The summed E-state index contributed by atoms with van der Waals surface area (Å²) < 4.78 is 5.59. The maximum absolute atomic E-state index is 6.06. The van der Waals surface area contributed by atoms with Crippen molar-refractivity contribution < 1.29 is 4.74 Å². The fourth-order valence-electron chi connectivity index (χ4n) is 1.42. The van der Waals surface area contributed by atoms with Crippen LogP contribution in [0.5, 0.6) is 11.6 Å². The van der Waals surface area contributed by atoms with E-state index in [0.717, 1.165) is 12.2 Å². The van der Waals surface area contributed by atoms with Gasteiger partial charge in [-0.3, -0.25) is 4.98 Å². The van der Waals surface area contributed by atoms with Gasteiger partial charge >= 0.3 is 0 Å².